The Morgan fingerprint density at radius 1 is 1.56 bits per heavy atom. The van der Waals surface area contributed by atoms with Crippen LogP contribution in [0.5, 0.6) is 0 Å². The third-order valence-corrected chi connectivity index (χ3v) is 3.29. The number of hydrogen-bond donors (Lipinski definition) is 0. The smallest absolute Gasteiger partial charge is 0.245 e. The lowest BCUT2D eigenvalue weighted by atomic mass is 10.3. The molecule has 1 amide bonds. The Morgan fingerprint density at radius 2 is 2.28 bits per heavy atom. The molecule has 0 bridgehead atoms. The van der Waals surface area contributed by atoms with E-state index in [1.54, 1.807) is 6.08 Å². The maximum atomic E-state index is 13.8. The summed E-state index contributed by atoms with van der Waals surface area (Å²) in [5.74, 6) is -1.71. The lowest BCUT2D eigenvalue weighted by molar-refractivity contribution is -0.116. The minimum absolute atomic E-state index is 0.237. The molecule has 3 nitrogen and oxygen atoms in total. The number of halogens is 2. The maximum Gasteiger partial charge on any atom is 0.245 e. The van der Waals surface area contributed by atoms with Gasteiger partial charge in [0, 0.05) is 19.5 Å². The molecule has 0 saturated carbocycles. The highest BCUT2D eigenvalue weighted by molar-refractivity contribution is 7.16. The van der Waals surface area contributed by atoms with E-state index in [4.69, 9.17) is 0 Å². The van der Waals surface area contributed by atoms with Crippen molar-refractivity contribution in [1.82, 2.24) is 4.57 Å². The number of fused-ring (bicyclic) bond motifs is 1. The average Bonchev–Trinajstić information content (AvgIpc) is 2.56. The first-order valence-corrected chi connectivity index (χ1v) is 5.99. The summed E-state index contributed by atoms with van der Waals surface area (Å²) in [7, 11) is 0. The molecule has 0 aliphatic carbocycles. The van der Waals surface area contributed by atoms with Crippen molar-refractivity contribution in [3.63, 3.8) is 0 Å². The number of nitrogens with zero attached hydrogens (tertiary/aromatic N) is 2. The van der Waals surface area contributed by atoms with Gasteiger partial charge in [0.2, 0.25) is 5.91 Å². The number of hydrogen-bond acceptors (Lipinski definition) is 2. The van der Waals surface area contributed by atoms with Gasteiger partial charge in [-0.05, 0) is 6.07 Å². The predicted octanol–water partition coefficient (Wildman–Crippen LogP) is 2.61. The number of rotatable bonds is 2. The summed E-state index contributed by atoms with van der Waals surface area (Å²) >= 11 is 1.07. The molecule has 1 aromatic carbocycles. The summed E-state index contributed by atoms with van der Waals surface area (Å²) in [5, 5.41) is 0. The molecular formula is C12H10F2N2OS. The molecule has 0 aliphatic heterocycles. The van der Waals surface area contributed by atoms with Crippen molar-refractivity contribution in [2.75, 3.05) is 0 Å². The highest BCUT2D eigenvalue weighted by Crippen LogP contribution is 2.22. The number of aromatic nitrogens is 1. The second-order valence-corrected chi connectivity index (χ2v) is 4.66. The molecule has 0 atom stereocenters. The van der Waals surface area contributed by atoms with E-state index < -0.39 is 11.6 Å². The Hall–Kier alpha value is -1.82. The first-order valence-electron chi connectivity index (χ1n) is 5.17. The molecule has 18 heavy (non-hydrogen) atoms. The van der Waals surface area contributed by atoms with E-state index in [0.29, 0.717) is 16.0 Å². The van der Waals surface area contributed by atoms with Crippen LogP contribution in [0.25, 0.3) is 10.2 Å². The second-order valence-electron chi connectivity index (χ2n) is 3.65. The fraction of sp³-hybridized carbons (Fsp3) is 0.167. The van der Waals surface area contributed by atoms with Crippen LogP contribution in [0.1, 0.15) is 6.92 Å². The lowest BCUT2D eigenvalue weighted by Gasteiger charge is -2.01. The van der Waals surface area contributed by atoms with Crippen LogP contribution in [0.3, 0.4) is 0 Å². The standard InChI is InChI=1S/C12H10F2N2OS/c1-3-4-16-11-9(14)5-8(13)6-10(11)18-12(16)15-7(2)17/h3,5-6H,1,4H2,2H3. The number of benzene rings is 1. The van der Waals surface area contributed by atoms with E-state index in [-0.39, 0.29) is 11.4 Å². The van der Waals surface area contributed by atoms with Gasteiger partial charge in [0.1, 0.15) is 5.82 Å². The number of amides is 1. The van der Waals surface area contributed by atoms with E-state index >= 15 is 0 Å². The van der Waals surface area contributed by atoms with Crippen molar-refractivity contribution >= 4 is 27.5 Å². The summed E-state index contributed by atoms with van der Waals surface area (Å²) in [4.78, 5) is 15.2. The van der Waals surface area contributed by atoms with Gasteiger partial charge < -0.3 is 4.57 Å². The van der Waals surface area contributed by atoms with Crippen LogP contribution in [-0.2, 0) is 11.3 Å². The third-order valence-electron chi connectivity index (χ3n) is 2.26. The maximum absolute atomic E-state index is 13.8. The van der Waals surface area contributed by atoms with E-state index in [1.165, 1.54) is 17.6 Å². The normalized spacial score (nSPS) is 12.1. The fourth-order valence-corrected chi connectivity index (χ4v) is 2.77. The van der Waals surface area contributed by atoms with Gasteiger partial charge in [0.05, 0.1) is 10.2 Å². The molecule has 0 spiro atoms. The van der Waals surface area contributed by atoms with Gasteiger partial charge in [-0.2, -0.15) is 4.99 Å². The van der Waals surface area contributed by atoms with E-state index in [9.17, 15) is 13.6 Å². The largest absolute Gasteiger partial charge is 0.310 e. The van der Waals surface area contributed by atoms with E-state index in [2.05, 4.69) is 11.6 Å². The number of thiazole rings is 1. The zero-order chi connectivity index (χ0) is 13.3. The van der Waals surface area contributed by atoms with Crippen LogP contribution in [0.4, 0.5) is 8.78 Å². The molecule has 0 fully saturated rings. The van der Waals surface area contributed by atoms with Crippen LogP contribution in [0, 0.1) is 11.6 Å². The first-order chi connectivity index (χ1) is 8.52. The monoisotopic (exact) mass is 268 g/mol. The number of carbonyl (C=O) groups excluding carboxylic acids is 1. The van der Waals surface area contributed by atoms with E-state index in [1.807, 2.05) is 0 Å². The summed E-state index contributed by atoms with van der Waals surface area (Å²) in [6.07, 6.45) is 1.56. The molecule has 1 heterocycles. The highest BCUT2D eigenvalue weighted by atomic mass is 32.1. The summed E-state index contributed by atoms with van der Waals surface area (Å²) < 4.78 is 28.8. The molecule has 0 radical (unpaired) electrons. The molecular weight excluding hydrogens is 258 g/mol. The van der Waals surface area contributed by atoms with Crippen molar-refractivity contribution in [2.45, 2.75) is 13.5 Å². The SMILES string of the molecule is C=CCn1c(=NC(C)=O)sc2cc(F)cc(F)c21. The van der Waals surface area contributed by atoms with Crippen LogP contribution in [0.2, 0.25) is 0 Å². The van der Waals surface area contributed by atoms with Gasteiger partial charge in [0.15, 0.2) is 10.6 Å². The molecule has 1 aromatic heterocycles. The Kier molecular flexibility index (Phi) is 3.38. The van der Waals surface area contributed by atoms with E-state index in [0.717, 1.165) is 17.4 Å². The summed E-state index contributed by atoms with van der Waals surface area (Å²) in [5.41, 5.74) is 0.237. The van der Waals surface area contributed by atoms with Gasteiger partial charge in [0.25, 0.3) is 0 Å². The van der Waals surface area contributed by atoms with Crippen LogP contribution < -0.4 is 4.80 Å². The molecule has 0 aliphatic rings. The molecule has 94 valence electrons. The molecule has 0 unspecified atom stereocenters. The molecule has 2 rings (SSSR count). The molecule has 0 N–H and O–H groups in total. The quantitative estimate of drug-likeness (QED) is 0.771. The molecule has 0 saturated heterocycles. The van der Waals surface area contributed by atoms with Crippen molar-refractivity contribution in [3.05, 3.63) is 41.2 Å². The number of allylic oxidation sites excluding steroid dienone is 1. The second kappa shape index (κ2) is 4.81. The van der Waals surface area contributed by atoms with Crippen molar-refractivity contribution in [3.8, 4) is 0 Å². The predicted molar refractivity (Wildman–Crippen MR) is 66.2 cm³/mol. The summed E-state index contributed by atoms with van der Waals surface area (Å²) in [6.45, 7) is 5.18. The van der Waals surface area contributed by atoms with Gasteiger partial charge >= 0.3 is 0 Å². The summed E-state index contributed by atoms with van der Waals surface area (Å²) in [6, 6.07) is 2.04. The van der Waals surface area contributed by atoms with Crippen LogP contribution in [-0.4, -0.2) is 10.5 Å². The van der Waals surface area contributed by atoms with Crippen LogP contribution >= 0.6 is 11.3 Å². The van der Waals surface area contributed by atoms with Crippen molar-refractivity contribution in [1.29, 1.82) is 0 Å². The highest BCUT2D eigenvalue weighted by Gasteiger charge is 2.12. The fourth-order valence-electron chi connectivity index (χ4n) is 1.65. The Labute approximate surface area is 106 Å². The van der Waals surface area contributed by atoms with Crippen molar-refractivity contribution < 1.29 is 13.6 Å². The zero-order valence-electron chi connectivity index (χ0n) is 9.61. The van der Waals surface area contributed by atoms with Gasteiger partial charge in [-0.25, -0.2) is 8.78 Å². The number of carbonyl (C=O) groups is 1. The van der Waals surface area contributed by atoms with Crippen molar-refractivity contribution in [2.24, 2.45) is 4.99 Å². The third kappa shape index (κ3) is 2.24. The van der Waals surface area contributed by atoms with Crippen LogP contribution in [0.15, 0.2) is 29.8 Å². The topological polar surface area (TPSA) is 34.4 Å². The molecule has 2 aromatic rings. The molecule has 6 heteroatoms. The Bertz CT molecular complexity index is 700. The minimum Gasteiger partial charge on any atom is -0.310 e. The van der Waals surface area contributed by atoms with Gasteiger partial charge in [-0.15, -0.1) is 6.58 Å². The first kappa shape index (κ1) is 12.6. The minimum atomic E-state index is -0.673. The lowest BCUT2D eigenvalue weighted by Crippen LogP contribution is -2.15. The van der Waals surface area contributed by atoms with Gasteiger partial charge in [-0.1, -0.05) is 17.4 Å². The Morgan fingerprint density at radius 3 is 2.89 bits per heavy atom. The Balaban J connectivity index is 2.88. The van der Waals surface area contributed by atoms with Gasteiger partial charge in [-0.3, -0.25) is 4.79 Å². The zero-order valence-corrected chi connectivity index (χ0v) is 10.4. The average molecular weight is 268 g/mol.